The maximum atomic E-state index is 12.5. The highest BCUT2D eigenvalue weighted by atomic mass is 16.4. The second kappa shape index (κ2) is 14.7. The van der Waals surface area contributed by atoms with Gasteiger partial charge in [0, 0.05) is 37.6 Å². The van der Waals surface area contributed by atoms with Crippen molar-refractivity contribution >= 4 is 11.9 Å². The number of carboxylic acids is 2. The number of aliphatic carboxylic acids is 2. The molecule has 0 aromatic rings. The smallest absolute Gasteiger partial charge is 0.306 e. The minimum absolute atomic E-state index is 0.0729. The third-order valence-corrected chi connectivity index (χ3v) is 8.90. The van der Waals surface area contributed by atoms with Gasteiger partial charge in [0.1, 0.15) is 0 Å². The van der Waals surface area contributed by atoms with E-state index in [1.54, 1.807) is 0 Å². The van der Waals surface area contributed by atoms with Gasteiger partial charge < -0.3 is 15.9 Å². The monoisotopic (exact) mass is 509 g/mol. The summed E-state index contributed by atoms with van der Waals surface area (Å²) in [5, 5.41) is 20.1. The number of rotatable bonds is 15. The Bertz CT molecular complexity index is 655. The number of unbranched alkanes of at least 4 members (excludes halogenated alkanes) is 2. The van der Waals surface area contributed by atoms with E-state index < -0.39 is 23.8 Å². The summed E-state index contributed by atoms with van der Waals surface area (Å²) in [4.78, 5) is 29.4. The Morgan fingerprint density at radius 1 is 0.889 bits per heavy atom. The van der Waals surface area contributed by atoms with Crippen molar-refractivity contribution in [3.05, 3.63) is 0 Å². The van der Waals surface area contributed by atoms with Crippen LogP contribution in [0.5, 0.6) is 0 Å². The fourth-order valence-corrected chi connectivity index (χ4v) is 6.85. The van der Waals surface area contributed by atoms with Gasteiger partial charge in [0.25, 0.3) is 0 Å². The van der Waals surface area contributed by atoms with Crippen LogP contribution in [0, 0.1) is 29.6 Å². The molecule has 4 N–H and O–H groups in total. The van der Waals surface area contributed by atoms with Crippen LogP contribution in [0.2, 0.25) is 0 Å². The molecule has 36 heavy (non-hydrogen) atoms. The molecule has 1 heterocycles. The van der Waals surface area contributed by atoms with Gasteiger partial charge in [-0.05, 0) is 50.9 Å². The maximum absolute atomic E-state index is 12.5. The summed E-state index contributed by atoms with van der Waals surface area (Å²) in [5.41, 5.74) is 6.47. The fraction of sp³-hybridized carbons (Fsp3) is 0.931. The average Bonchev–Trinajstić information content (AvgIpc) is 2.82. The molecule has 2 fully saturated rings. The summed E-state index contributed by atoms with van der Waals surface area (Å²) in [6, 6.07) is 0. The average molecular weight is 510 g/mol. The Kier molecular flexibility index (Phi) is 12.7. The molecule has 0 spiro atoms. The van der Waals surface area contributed by atoms with Gasteiger partial charge in [-0.15, -0.1) is 0 Å². The zero-order chi connectivity index (χ0) is 26.9. The van der Waals surface area contributed by atoms with Crippen LogP contribution < -0.4 is 5.73 Å². The lowest BCUT2D eigenvalue weighted by molar-refractivity contribution is -0.159. The predicted octanol–water partition coefficient (Wildman–Crippen LogP) is 5.28. The maximum Gasteiger partial charge on any atom is 0.306 e. The van der Waals surface area contributed by atoms with E-state index in [2.05, 4.69) is 44.4 Å². The molecule has 0 amide bonds. The van der Waals surface area contributed by atoms with Crippen molar-refractivity contribution in [3.63, 3.8) is 0 Å². The molecule has 7 nitrogen and oxygen atoms in total. The summed E-state index contributed by atoms with van der Waals surface area (Å²) in [5.74, 6) is -1.68. The molecule has 1 saturated heterocycles. The van der Waals surface area contributed by atoms with Crippen LogP contribution in [-0.2, 0) is 9.59 Å². The normalized spacial score (nSPS) is 31.7. The van der Waals surface area contributed by atoms with E-state index in [1.807, 2.05) is 0 Å². The third kappa shape index (κ3) is 8.70. The molecular formula is C29H55N3O4. The highest BCUT2D eigenvalue weighted by Crippen LogP contribution is 2.42. The van der Waals surface area contributed by atoms with Gasteiger partial charge in [0.05, 0.1) is 18.0 Å². The lowest BCUT2D eigenvalue weighted by atomic mass is 9.71. The Morgan fingerprint density at radius 2 is 1.39 bits per heavy atom. The van der Waals surface area contributed by atoms with Gasteiger partial charge in [-0.3, -0.25) is 19.4 Å². The number of carbonyl (C=O) groups is 2. The molecule has 0 aromatic carbocycles. The van der Waals surface area contributed by atoms with E-state index in [0.717, 1.165) is 51.9 Å². The number of nitrogens with zero attached hydrogens (tertiary/aromatic N) is 2. The van der Waals surface area contributed by atoms with Crippen LogP contribution in [0.3, 0.4) is 0 Å². The molecule has 7 heteroatoms. The quantitative estimate of drug-likeness (QED) is 0.276. The van der Waals surface area contributed by atoms with Gasteiger partial charge >= 0.3 is 11.9 Å². The molecule has 0 aromatic heterocycles. The largest absolute Gasteiger partial charge is 0.481 e. The SMILES string of the molecule is CCCCC(CC)CN1CC(C)(N)CN(CC(CC)CCCC)C1C1CC(C(=O)O)CCC1C(=O)O. The molecule has 2 rings (SSSR count). The van der Waals surface area contributed by atoms with Crippen molar-refractivity contribution in [3.8, 4) is 0 Å². The highest BCUT2D eigenvalue weighted by Gasteiger charge is 2.49. The van der Waals surface area contributed by atoms with Gasteiger partial charge in [0.15, 0.2) is 0 Å². The molecule has 5 unspecified atom stereocenters. The van der Waals surface area contributed by atoms with E-state index in [-0.39, 0.29) is 17.6 Å². The molecular weight excluding hydrogens is 454 g/mol. The van der Waals surface area contributed by atoms with Crippen LogP contribution in [0.15, 0.2) is 0 Å². The molecule has 0 radical (unpaired) electrons. The fourth-order valence-electron chi connectivity index (χ4n) is 6.85. The third-order valence-electron chi connectivity index (χ3n) is 8.90. The molecule has 2 aliphatic rings. The van der Waals surface area contributed by atoms with Crippen LogP contribution in [0.1, 0.15) is 105 Å². The van der Waals surface area contributed by atoms with Crippen LogP contribution in [-0.4, -0.2) is 69.8 Å². The van der Waals surface area contributed by atoms with Crippen LogP contribution in [0.4, 0.5) is 0 Å². The first-order chi connectivity index (χ1) is 17.1. The van der Waals surface area contributed by atoms with Crippen LogP contribution in [0.25, 0.3) is 0 Å². The lowest BCUT2D eigenvalue weighted by Gasteiger charge is -2.56. The van der Waals surface area contributed by atoms with Crippen molar-refractivity contribution in [1.29, 1.82) is 0 Å². The predicted molar refractivity (Wildman–Crippen MR) is 146 cm³/mol. The topological polar surface area (TPSA) is 107 Å². The van der Waals surface area contributed by atoms with Crippen molar-refractivity contribution < 1.29 is 19.8 Å². The van der Waals surface area contributed by atoms with E-state index in [9.17, 15) is 19.8 Å². The van der Waals surface area contributed by atoms with E-state index >= 15 is 0 Å². The minimum Gasteiger partial charge on any atom is -0.481 e. The summed E-state index contributed by atoms with van der Waals surface area (Å²) >= 11 is 0. The van der Waals surface area contributed by atoms with Crippen LogP contribution >= 0.6 is 0 Å². The summed E-state index contributed by atoms with van der Waals surface area (Å²) in [6.07, 6.45) is 10.5. The van der Waals surface area contributed by atoms with Crippen molar-refractivity contribution in [1.82, 2.24) is 9.80 Å². The Morgan fingerprint density at radius 3 is 1.78 bits per heavy atom. The number of carboxylic acid groups (broad SMARTS) is 2. The molecule has 1 aliphatic heterocycles. The number of hydrogen-bond acceptors (Lipinski definition) is 5. The molecule has 1 aliphatic carbocycles. The van der Waals surface area contributed by atoms with E-state index in [0.29, 0.717) is 31.1 Å². The number of hydrogen-bond donors (Lipinski definition) is 3. The standard InChI is InChI=1S/C29H55N3O4/c1-6-10-12-21(8-3)17-31-19-29(5,30)20-32(18-22(9-4)13-11-7-2)26(31)25-16-23(27(33)34)14-15-24(25)28(35)36/h21-26H,6-20,30H2,1-5H3,(H,33,34)(H,35,36). The molecule has 0 bridgehead atoms. The summed E-state index contributed by atoms with van der Waals surface area (Å²) in [6.45, 7) is 14.3. The van der Waals surface area contributed by atoms with Crippen molar-refractivity contribution in [2.75, 3.05) is 26.2 Å². The zero-order valence-electron chi connectivity index (χ0n) is 23.8. The summed E-state index contributed by atoms with van der Waals surface area (Å²) in [7, 11) is 0. The molecule has 1 saturated carbocycles. The van der Waals surface area contributed by atoms with Gasteiger partial charge in [-0.25, -0.2) is 0 Å². The number of nitrogens with two attached hydrogens (primary N) is 1. The first kappa shape index (κ1) is 31.0. The van der Waals surface area contributed by atoms with Crippen molar-refractivity contribution in [2.45, 2.75) is 117 Å². The Hall–Kier alpha value is -1.18. The van der Waals surface area contributed by atoms with E-state index in [4.69, 9.17) is 5.73 Å². The van der Waals surface area contributed by atoms with Gasteiger partial charge in [-0.2, -0.15) is 0 Å². The Labute approximate surface area is 220 Å². The Balaban J connectivity index is 2.47. The molecule has 210 valence electrons. The first-order valence-electron chi connectivity index (χ1n) is 14.8. The van der Waals surface area contributed by atoms with Gasteiger partial charge in [-0.1, -0.05) is 66.2 Å². The minimum atomic E-state index is -0.787. The second-order valence-electron chi connectivity index (χ2n) is 12.2. The van der Waals surface area contributed by atoms with Gasteiger partial charge in [0.2, 0.25) is 0 Å². The second-order valence-corrected chi connectivity index (χ2v) is 12.2. The first-order valence-corrected chi connectivity index (χ1v) is 14.8. The van der Waals surface area contributed by atoms with E-state index in [1.165, 1.54) is 25.7 Å². The summed E-state index contributed by atoms with van der Waals surface area (Å²) < 4.78 is 0. The van der Waals surface area contributed by atoms with Crippen molar-refractivity contribution in [2.24, 2.45) is 35.3 Å². The highest BCUT2D eigenvalue weighted by molar-refractivity contribution is 5.73. The lowest BCUT2D eigenvalue weighted by Crippen LogP contribution is -2.70. The zero-order valence-corrected chi connectivity index (χ0v) is 23.8. The molecule has 5 atom stereocenters.